The van der Waals surface area contributed by atoms with Gasteiger partial charge >= 0.3 is 0 Å². The summed E-state index contributed by atoms with van der Waals surface area (Å²) in [6.07, 6.45) is 5.30. The number of imidazole rings is 1. The molecule has 7 heteroatoms. The van der Waals surface area contributed by atoms with Gasteiger partial charge in [0.1, 0.15) is 11.5 Å². The lowest BCUT2D eigenvalue weighted by molar-refractivity contribution is 0.632. The summed E-state index contributed by atoms with van der Waals surface area (Å²) >= 11 is 1.41. The van der Waals surface area contributed by atoms with Crippen LogP contribution in [0.3, 0.4) is 0 Å². The largest absolute Gasteiger partial charge is 0.329 e. The van der Waals surface area contributed by atoms with Gasteiger partial charge in [-0.2, -0.15) is 0 Å². The van der Waals surface area contributed by atoms with Crippen LogP contribution in [-0.4, -0.2) is 19.4 Å². The van der Waals surface area contributed by atoms with Crippen LogP contribution in [0.2, 0.25) is 0 Å². The van der Waals surface area contributed by atoms with E-state index in [1.807, 2.05) is 22.0 Å². The minimum absolute atomic E-state index is 0.307. The molecule has 5 nitrogen and oxygen atoms in total. The fourth-order valence-electron chi connectivity index (χ4n) is 2.14. The second-order valence-electron chi connectivity index (χ2n) is 4.58. The van der Waals surface area contributed by atoms with Crippen molar-refractivity contribution in [2.45, 2.75) is 0 Å². The molecule has 0 spiro atoms. The van der Waals surface area contributed by atoms with Gasteiger partial charge in [-0.05, 0) is 18.2 Å². The van der Waals surface area contributed by atoms with Crippen LogP contribution in [0, 0.1) is 5.82 Å². The number of anilines is 2. The van der Waals surface area contributed by atoms with Crippen LogP contribution in [0.25, 0.3) is 17.2 Å². The number of fused-ring (bicyclic) bond motifs is 1. The summed E-state index contributed by atoms with van der Waals surface area (Å²) < 4.78 is 15.5. The third-order valence-electron chi connectivity index (χ3n) is 3.17. The summed E-state index contributed by atoms with van der Waals surface area (Å²) in [7, 11) is 0. The molecule has 0 atom stereocenters. The maximum absolute atomic E-state index is 13.7. The number of rotatable bonds is 3. The zero-order valence-corrected chi connectivity index (χ0v) is 12.1. The molecule has 0 amide bonds. The maximum Gasteiger partial charge on any atom is 0.234 e. The molecule has 1 N–H and O–H groups in total. The first-order chi connectivity index (χ1) is 10.8. The average molecular weight is 311 g/mol. The lowest BCUT2D eigenvalue weighted by Gasteiger charge is -2.02. The zero-order valence-electron chi connectivity index (χ0n) is 11.3. The van der Waals surface area contributed by atoms with Gasteiger partial charge in [-0.25, -0.2) is 19.3 Å². The molecule has 0 aliphatic carbocycles. The molecule has 0 radical (unpaired) electrons. The van der Waals surface area contributed by atoms with Crippen molar-refractivity contribution in [3.63, 3.8) is 0 Å². The molecule has 0 fully saturated rings. The van der Waals surface area contributed by atoms with E-state index in [0.29, 0.717) is 16.6 Å². The highest BCUT2D eigenvalue weighted by Gasteiger charge is 2.11. The molecule has 0 saturated carbocycles. The number of para-hydroxylation sites is 1. The second-order valence-corrected chi connectivity index (χ2v) is 5.43. The van der Waals surface area contributed by atoms with E-state index in [1.165, 1.54) is 17.4 Å². The minimum Gasteiger partial charge on any atom is -0.329 e. The van der Waals surface area contributed by atoms with Crippen LogP contribution in [-0.2, 0) is 0 Å². The van der Waals surface area contributed by atoms with Crippen LogP contribution in [0.15, 0.2) is 54.3 Å². The summed E-state index contributed by atoms with van der Waals surface area (Å²) in [6, 6.07) is 8.35. The SMILES string of the molecule is Fc1ccccc1Nc1nc(-c2cnc3ncccn23)cs1. The third kappa shape index (κ3) is 2.21. The Morgan fingerprint density at radius 2 is 2.05 bits per heavy atom. The van der Waals surface area contributed by atoms with Crippen molar-refractivity contribution in [3.8, 4) is 11.4 Å². The van der Waals surface area contributed by atoms with Crippen molar-refractivity contribution in [2.24, 2.45) is 0 Å². The zero-order chi connectivity index (χ0) is 14.9. The summed E-state index contributed by atoms with van der Waals surface area (Å²) in [5.41, 5.74) is 2.02. The molecule has 0 unspecified atom stereocenters. The Morgan fingerprint density at radius 3 is 2.95 bits per heavy atom. The minimum atomic E-state index is -0.307. The lowest BCUT2D eigenvalue weighted by atomic mass is 10.3. The molecule has 108 valence electrons. The highest BCUT2D eigenvalue weighted by molar-refractivity contribution is 7.14. The summed E-state index contributed by atoms with van der Waals surface area (Å²) in [6.45, 7) is 0. The second kappa shape index (κ2) is 5.19. The van der Waals surface area contributed by atoms with Crippen LogP contribution >= 0.6 is 11.3 Å². The summed E-state index contributed by atoms with van der Waals surface area (Å²) in [4.78, 5) is 12.9. The van der Waals surface area contributed by atoms with Crippen molar-refractivity contribution >= 4 is 27.9 Å². The normalized spacial score (nSPS) is 11.0. The van der Waals surface area contributed by atoms with E-state index in [0.717, 1.165) is 11.4 Å². The van der Waals surface area contributed by atoms with Crippen LogP contribution in [0.5, 0.6) is 0 Å². The fourth-order valence-corrected chi connectivity index (χ4v) is 2.86. The van der Waals surface area contributed by atoms with Gasteiger partial charge in [0.25, 0.3) is 0 Å². The first-order valence-electron chi connectivity index (χ1n) is 6.57. The number of halogens is 1. The molecular formula is C15H10FN5S. The molecular weight excluding hydrogens is 301 g/mol. The van der Waals surface area contributed by atoms with Crippen LogP contribution in [0.4, 0.5) is 15.2 Å². The molecule has 3 heterocycles. The summed E-state index contributed by atoms with van der Waals surface area (Å²) in [5.74, 6) is 0.312. The summed E-state index contributed by atoms with van der Waals surface area (Å²) in [5, 5.41) is 5.52. The van der Waals surface area contributed by atoms with Gasteiger partial charge in [0.15, 0.2) is 5.13 Å². The van der Waals surface area contributed by atoms with E-state index < -0.39 is 0 Å². The lowest BCUT2D eigenvalue weighted by Crippen LogP contribution is -1.93. The number of hydrogen-bond donors (Lipinski definition) is 1. The van der Waals surface area contributed by atoms with E-state index in [9.17, 15) is 4.39 Å². The first-order valence-corrected chi connectivity index (χ1v) is 7.45. The van der Waals surface area contributed by atoms with Crippen LogP contribution < -0.4 is 5.32 Å². The Hall–Kier alpha value is -2.80. The van der Waals surface area contributed by atoms with Crippen LogP contribution in [0.1, 0.15) is 0 Å². The Labute approximate surface area is 129 Å². The number of nitrogens with zero attached hydrogens (tertiary/aromatic N) is 4. The topological polar surface area (TPSA) is 55.1 Å². The number of hydrogen-bond acceptors (Lipinski definition) is 5. The quantitative estimate of drug-likeness (QED) is 0.626. The maximum atomic E-state index is 13.7. The number of nitrogens with one attached hydrogen (secondary N) is 1. The smallest absolute Gasteiger partial charge is 0.234 e. The predicted molar refractivity (Wildman–Crippen MR) is 83.8 cm³/mol. The van der Waals surface area contributed by atoms with Gasteiger partial charge in [0.05, 0.1) is 17.6 Å². The highest BCUT2D eigenvalue weighted by atomic mass is 32.1. The van der Waals surface area contributed by atoms with E-state index in [-0.39, 0.29) is 5.82 Å². The Bertz CT molecular complexity index is 946. The van der Waals surface area contributed by atoms with Crippen molar-refractivity contribution in [2.75, 3.05) is 5.32 Å². The molecule has 0 aliphatic heterocycles. The molecule has 1 aromatic carbocycles. The van der Waals surface area contributed by atoms with Gasteiger partial charge in [0.2, 0.25) is 5.78 Å². The van der Waals surface area contributed by atoms with Crippen molar-refractivity contribution in [1.29, 1.82) is 0 Å². The molecule has 0 bridgehead atoms. The van der Waals surface area contributed by atoms with E-state index in [4.69, 9.17) is 0 Å². The average Bonchev–Trinajstić information content (AvgIpc) is 3.16. The fraction of sp³-hybridized carbons (Fsp3) is 0. The van der Waals surface area contributed by atoms with E-state index >= 15 is 0 Å². The molecule has 22 heavy (non-hydrogen) atoms. The molecule has 0 saturated heterocycles. The van der Waals surface area contributed by atoms with Gasteiger partial charge < -0.3 is 5.32 Å². The number of aromatic nitrogens is 4. The van der Waals surface area contributed by atoms with Gasteiger partial charge in [-0.3, -0.25) is 4.40 Å². The number of thiazole rings is 1. The monoisotopic (exact) mass is 311 g/mol. The van der Waals surface area contributed by atoms with Crippen molar-refractivity contribution in [3.05, 3.63) is 60.1 Å². The van der Waals surface area contributed by atoms with Crippen molar-refractivity contribution < 1.29 is 4.39 Å². The highest BCUT2D eigenvalue weighted by Crippen LogP contribution is 2.28. The molecule has 0 aliphatic rings. The standard InChI is InChI=1S/C15H10FN5S/c16-10-4-1-2-5-11(10)19-15-20-12(9-22-15)13-8-18-14-17-6-3-7-21(13)14/h1-9H,(H,19,20). The van der Waals surface area contributed by atoms with Gasteiger partial charge in [-0.15, -0.1) is 11.3 Å². The predicted octanol–water partition coefficient (Wildman–Crippen LogP) is 3.74. The third-order valence-corrected chi connectivity index (χ3v) is 3.93. The molecule has 4 rings (SSSR count). The van der Waals surface area contributed by atoms with Crippen molar-refractivity contribution in [1.82, 2.24) is 19.4 Å². The van der Waals surface area contributed by atoms with E-state index in [2.05, 4.69) is 20.3 Å². The van der Waals surface area contributed by atoms with Gasteiger partial charge in [-0.1, -0.05) is 12.1 Å². The van der Waals surface area contributed by atoms with Gasteiger partial charge in [0, 0.05) is 17.8 Å². The number of benzene rings is 1. The Kier molecular flexibility index (Phi) is 3.05. The Balaban J connectivity index is 1.68. The first kappa shape index (κ1) is 12.9. The molecule has 3 aromatic heterocycles. The molecule has 4 aromatic rings. The Morgan fingerprint density at radius 1 is 1.14 bits per heavy atom. The van der Waals surface area contributed by atoms with E-state index in [1.54, 1.807) is 30.6 Å².